The van der Waals surface area contributed by atoms with Crippen molar-refractivity contribution >= 4 is 10.8 Å². The summed E-state index contributed by atoms with van der Waals surface area (Å²) < 4.78 is 0. The summed E-state index contributed by atoms with van der Waals surface area (Å²) in [6.45, 7) is 8.03. The molecule has 2 heteroatoms. The first kappa shape index (κ1) is 14.6. The molecule has 21 heavy (non-hydrogen) atoms. The Morgan fingerprint density at radius 3 is 2.48 bits per heavy atom. The van der Waals surface area contributed by atoms with E-state index >= 15 is 0 Å². The second-order valence-electron chi connectivity index (χ2n) is 6.47. The molecule has 0 amide bonds. The first-order valence-electron chi connectivity index (χ1n) is 8.17. The second-order valence-corrected chi connectivity index (χ2v) is 6.47. The third-order valence-corrected chi connectivity index (χ3v) is 4.67. The standard InChI is InChI=1S/C19H26N2/c1-15(2)21-11-9-19(10-12-21)20-14-16-7-8-17-5-3-4-6-18(17)13-16/h3-8,13,15,19-20H,9-12,14H2,1-2H3. The van der Waals surface area contributed by atoms with Crippen LogP contribution in [0.5, 0.6) is 0 Å². The molecule has 0 unspecified atom stereocenters. The first-order chi connectivity index (χ1) is 10.2. The molecule has 1 aliphatic heterocycles. The van der Waals surface area contributed by atoms with Crippen molar-refractivity contribution in [1.82, 2.24) is 10.2 Å². The van der Waals surface area contributed by atoms with E-state index in [2.05, 4.69) is 66.5 Å². The molecule has 0 bridgehead atoms. The van der Waals surface area contributed by atoms with Gasteiger partial charge < -0.3 is 10.2 Å². The van der Waals surface area contributed by atoms with Crippen LogP contribution in [0.25, 0.3) is 10.8 Å². The Morgan fingerprint density at radius 1 is 1.05 bits per heavy atom. The molecule has 1 N–H and O–H groups in total. The summed E-state index contributed by atoms with van der Waals surface area (Å²) >= 11 is 0. The number of nitrogens with zero attached hydrogens (tertiary/aromatic N) is 1. The Labute approximate surface area is 128 Å². The minimum Gasteiger partial charge on any atom is -0.310 e. The van der Waals surface area contributed by atoms with Crippen LogP contribution in [0.15, 0.2) is 42.5 Å². The highest BCUT2D eigenvalue weighted by molar-refractivity contribution is 5.82. The Balaban J connectivity index is 1.55. The predicted molar refractivity (Wildman–Crippen MR) is 90.5 cm³/mol. The number of hydrogen-bond donors (Lipinski definition) is 1. The van der Waals surface area contributed by atoms with Gasteiger partial charge in [0.15, 0.2) is 0 Å². The molecule has 1 aliphatic rings. The largest absolute Gasteiger partial charge is 0.310 e. The number of likely N-dealkylation sites (tertiary alicyclic amines) is 1. The molecular weight excluding hydrogens is 256 g/mol. The smallest absolute Gasteiger partial charge is 0.0208 e. The third-order valence-electron chi connectivity index (χ3n) is 4.67. The van der Waals surface area contributed by atoms with Crippen LogP contribution in [-0.2, 0) is 6.54 Å². The zero-order chi connectivity index (χ0) is 14.7. The van der Waals surface area contributed by atoms with Crippen molar-refractivity contribution in [2.75, 3.05) is 13.1 Å². The number of rotatable bonds is 4. The molecule has 0 aliphatic carbocycles. The van der Waals surface area contributed by atoms with Gasteiger partial charge in [-0.05, 0) is 62.2 Å². The molecule has 1 heterocycles. The summed E-state index contributed by atoms with van der Waals surface area (Å²) in [6.07, 6.45) is 2.54. The van der Waals surface area contributed by atoms with E-state index in [0.29, 0.717) is 12.1 Å². The number of benzene rings is 2. The van der Waals surface area contributed by atoms with Gasteiger partial charge in [0, 0.05) is 18.6 Å². The summed E-state index contributed by atoms with van der Waals surface area (Å²) in [7, 11) is 0. The van der Waals surface area contributed by atoms with E-state index in [1.54, 1.807) is 0 Å². The van der Waals surface area contributed by atoms with Crippen LogP contribution in [-0.4, -0.2) is 30.1 Å². The van der Waals surface area contributed by atoms with Gasteiger partial charge in [0.1, 0.15) is 0 Å². The molecule has 0 spiro atoms. The number of nitrogens with one attached hydrogen (secondary N) is 1. The van der Waals surface area contributed by atoms with E-state index in [9.17, 15) is 0 Å². The highest BCUT2D eigenvalue weighted by atomic mass is 15.2. The lowest BCUT2D eigenvalue weighted by Crippen LogP contribution is -2.44. The molecule has 2 aromatic carbocycles. The lowest BCUT2D eigenvalue weighted by atomic mass is 10.0. The summed E-state index contributed by atoms with van der Waals surface area (Å²) in [6, 6.07) is 16.7. The molecule has 1 fully saturated rings. The summed E-state index contributed by atoms with van der Waals surface area (Å²) in [5.74, 6) is 0. The monoisotopic (exact) mass is 282 g/mol. The second kappa shape index (κ2) is 6.59. The fourth-order valence-electron chi connectivity index (χ4n) is 3.23. The SMILES string of the molecule is CC(C)N1CCC(NCc2ccc3ccccc3c2)CC1. The minimum atomic E-state index is 0.673. The molecule has 0 aromatic heterocycles. The zero-order valence-electron chi connectivity index (χ0n) is 13.2. The van der Waals surface area contributed by atoms with Gasteiger partial charge in [0.25, 0.3) is 0 Å². The van der Waals surface area contributed by atoms with Gasteiger partial charge in [-0.2, -0.15) is 0 Å². The van der Waals surface area contributed by atoms with Crippen LogP contribution in [0, 0.1) is 0 Å². The molecular formula is C19H26N2. The van der Waals surface area contributed by atoms with E-state index < -0.39 is 0 Å². The average molecular weight is 282 g/mol. The maximum absolute atomic E-state index is 3.74. The third kappa shape index (κ3) is 3.63. The molecule has 2 aromatic rings. The predicted octanol–water partition coefficient (Wildman–Crippen LogP) is 3.80. The molecule has 0 atom stereocenters. The van der Waals surface area contributed by atoms with E-state index in [4.69, 9.17) is 0 Å². The van der Waals surface area contributed by atoms with Crippen LogP contribution in [0.1, 0.15) is 32.3 Å². The Bertz CT molecular complexity index is 583. The zero-order valence-corrected chi connectivity index (χ0v) is 13.2. The maximum Gasteiger partial charge on any atom is 0.0208 e. The van der Waals surface area contributed by atoms with Crippen molar-refractivity contribution in [3.05, 3.63) is 48.0 Å². The lowest BCUT2D eigenvalue weighted by molar-refractivity contribution is 0.161. The van der Waals surface area contributed by atoms with Gasteiger partial charge in [0.05, 0.1) is 0 Å². The quantitative estimate of drug-likeness (QED) is 0.917. The van der Waals surface area contributed by atoms with Crippen LogP contribution >= 0.6 is 0 Å². The van der Waals surface area contributed by atoms with Gasteiger partial charge in [-0.1, -0.05) is 36.4 Å². The minimum absolute atomic E-state index is 0.673. The molecule has 3 rings (SSSR count). The van der Waals surface area contributed by atoms with Crippen molar-refractivity contribution in [2.45, 2.75) is 45.3 Å². The molecule has 112 valence electrons. The van der Waals surface area contributed by atoms with Gasteiger partial charge in [-0.15, -0.1) is 0 Å². The Hall–Kier alpha value is -1.38. The summed E-state index contributed by atoms with van der Waals surface area (Å²) in [5, 5.41) is 6.40. The number of piperidine rings is 1. The van der Waals surface area contributed by atoms with Gasteiger partial charge >= 0.3 is 0 Å². The van der Waals surface area contributed by atoms with E-state index in [-0.39, 0.29) is 0 Å². The Morgan fingerprint density at radius 2 is 1.76 bits per heavy atom. The van der Waals surface area contributed by atoms with E-state index in [1.807, 2.05) is 0 Å². The van der Waals surface area contributed by atoms with Crippen molar-refractivity contribution in [3.8, 4) is 0 Å². The maximum atomic E-state index is 3.74. The molecule has 2 nitrogen and oxygen atoms in total. The van der Waals surface area contributed by atoms with Crippen LogP contribution in [0.4, 0.5) is 0 Å². The van der Waals surface area contributed by atoms with Crippen LogP contribution < -0.4 is 5.32 Å². The van der Waals surface area contributed by atoms with Crippen molar-refractivity contribution in [1.29, 1.82) is 0 Å². The fourth-order valence-corrected chi connectivity index (χ4v) is 3.23. The van der Waals surface area contributed by atoms with Crippen LogP contribution in [0.2, 0.25) is 0 Å². The van der Waals surface area contributed by atoms with Gasteiger partial charge in [0.2, 0.25) is 0 Å². The highest BCUT2D eigenvalue weighted by Gasteiger charge is 2.20. The van der Waals surface area contributed by atoms with E-state index in [0.717, 1.165) is 6.54 Å². The molecule has 0 saturated carbocycles. The van der Waals surface area contributed by atoms with Crippen molar-refractivity contribution in [3.63, 3.8) is 0 Å². The normalized spacial score (nSPS) is 17.7. The van der Waals surface area contributed by atoms with Gasteiger partial charge in [-0.3, -0.25) is 0 Å². The highest BCUT2D eigenvalue weighted by Crippen LogP contribution is 2.17. The Kier molecular flexibility index (Phi) is 4.57. The van der Waals surface area contributed by atoms with Crippen LogP contribution in [0.3, 0.4) is 0 Å². The molecule has 0 radical (unpaired) electrons. The number of hydrogen-bond acceptors (Lipinski definition) is 2. The topological polar surface area (TPSA) is 15.3 Å². The summed E-state index contributed by atoms with van der Waals surface area (Å²) in [4.78, 5) is 2.58. The summed E-state index contributed by atoms with van der Waals surface area (Å²) in [5.41, 5.74) is 1.39. The van der Waals surface area contributed by atoms with Crippen molar-refractivity contribution < 1.29 is 0 Å². The van der Waals surface area contributed by atoms with Gasteiger partial charge in [-0.25, -0.2) is 0 Å². The lowest BCUT2D eigenvalue weighted by Gasteiger charge is -2.35. The average Bonchev–Trinajstić information content (AvgIpc) is 2.53. The number of fused-ring (bicyclic) bond motifs is 1. The molecule has 1 saturated heterocycles. The van der Waals surface area contributed by atoms with E-state index in [1.165, 1.54) is 42.3 Å². The first-order valence-corrected chi connectivity index (χ1v) is 8.17. The van der Waals surface area contributed by atoms with Crippen molar-refractivity contribution in [2.24, 2.45) is 0 Å². The fraction of sp³-hybridized carbons (Fsp3) is 0.474.